The lowest BCUT2D eigenvalue weighted by Crippen LogP contribution is -2.38. The molecular weight excluding hydrogens is 376 g/mol. The number of hydrogen-bond acceptors (Lipinski definition) is 3. The number of benzene rings is 1. The van der Waals surface area contributed by atoms with Gasteiger partial charge in [0.15, 0.2) is 17.5 Å². The molecule has 5 nitrogen and oxygen atoms in total. The lowest BCUT2D eigenvalue weighted by Gasteiger charge is -2.12. The van der Waals surface area contributed by atoms with E-state index in [1.54, 1.807) is 26.3 Å². The first-order valence-corrected chi connectivity index (χ1v) is 5.97. The molecule has 0 unspecified atom stereocenters. The van der Waals surface area contributed by atoms with Gasteiger partial charge in [-0.2, -0.15) is 0 Å². The molecular formula is C13H21FIN3O2. The zero-order valence-electron chi connectivity index (χ0n) is 11.9. The summed E-state index contributed by atoms with van der Waals surface area (Å²) in [5, 5.41) is 6.16. The van der Waals surface area contributed by atoms with E-state index in [0.29, 0.717) is 25.7 Å². The van der Waals surface area contributed by atoms with Crippen molar-refractivity contribution in [3.05, 3.63) is 29.6 Å². The summed E-state index contributed by atoms with van der Waals surface area (Å²) in [6.07, 6.45) is 0. The van der Waals surface area contributed by atoms with Crippen LogP contribution in [0.25, 0.3) is 0 Å². The van der Waals surface area contributed by atoms with E-state index in [0.717, 1.165) is 5.56 Å². The van der Waals surface area contributed by atoms with E-state index in [4.69, 9.17) is 9.47 Å². The third-order valence-corrected chi connectivity index (χ3v) is 2.50. The van der Waals surface area contributed by atoms with E-state index in [-0.39, 0.29) is 35.5 Å². The SMILES string of the molecule is CN=C(NCCOC)NCc1ccc(OC)c(F)c1.I. The van der Waals surface area contributed by atoms with Gasteiger partial charge in [0.2, 0.25) is 0 Å². The largest absolute Gasteiger partial charge is 0.494 e. The minimum Gasteiger partial charge on any atom is -0.494 e. The molecule has 20 heavy (non-hydrogen) atoms. The first-order chi connectivity index (χ1) is 9.21. The summed E-state index contributed by atoms with van der Waals surface area (Å²) in [4.78, 5) is 4.05. The van der Waals surface area contributed by atoms with Crippen LogP contribution in [0.4, 0.5) is 4.39 Å². The third kappa shape index (κ3) is 6.38. The molecule has 0 spiro atoms. The van der Waals surface area contributed by atoms with Gasteiger partial charge in [-0.15, -0.1) is 24.0 Å². The Morgan fingerprint density at radius 2 is 2.05 bits per heavy atom. The van der Waals surface area contributed by atoms with Crippen molar-refractivity contribution in [1.82, 2.24) is 10.6 Å². The fourth-order valence-corrected chi connectivity index (χ4v) is 1.50. The first-order valence-electron chi connectivity index (χ1n) is 5.97. The average molecular weight is 397 g/mol. The molecule has 7 heteroatoms. The molecule has 0 aliphatic rings. The van der Waals surface area contributed by atoms with Crippen molar-refractivity contribution >= 4 is 29.9 Å². The molecule has 0 aliphatic carbocycles. The van der Waals surface area contributed by atoms with Crippen molar-refractivity contribution in [1.29, 1.82) is 0 Å². The van der Waals surface area contributed by atoms with Crippen molar-refractivity contribution in [2.75, 3.05) is 34.4 Å². The van der Waals surface area contributed by atoms with Gasteiger partial charge in [-0.05, 0) is 17.7 Å². The van der Waals surface area contributed by atoms with Gasteiger partial charge in [0, 0.05) is 27.2 Å². The van der Waals surface area contributed by atoms with E-state index in [9.17, 15) is 4.39 Å². The van der Waals surface area contributed by atoms with Gasteiger partial charge in [0.25, 0.3) is 0 Å². The fraction of sp³-hybridized carbons (Fsp3) is 0.462. The molecule has 1 rings (SSSR count). The van der Waals surface area contributed by atoms with Gasteiger partial charge < -0.3 is 20.1 Å². The van der Waals surface area contributed by atoms with Crippen molar-refractivity contribution in [3.8, 4) is 5.75 Å². The Kier molecular flexibility index (Phi) is 10.1. The Morgan fingerprint density at radius 1 is 1.30 bits per heavy atom. The van der Waals surface area contributed by atoms with Crippen LogP contribution < -0.4 is 15.4 Å². The second-order valence-corrected chi connectivity index (χ2v) is 3.81. The highest BCUT2D eigenvalue weighted by atomic mass is 127. The zero-order chi connectivity index (χ0) is 14.1. The maximum atomic E-state index is 13.5. The molecule has 0 amide bonds. The number of nitrogens with one attached hydrogen (secondary N) is 2. The second kappa shape index (κ2) is 10.7. The summed E-state index contributed by atoms with van der Waals surface area (Å²) in [6.45, 7) is 1.73. The summed E-state index contributed by atoms with van der Waals surface area (Å²) >= 11 is 0. The lowest BCUT2D eigenvalue weighted by molar-refractivity contribution is 0.203. The smallest absolute Gasteiger partial charge is 0.191 e. The monoisotopic (exact) mass is 397 g/mol. The molecule has 0 heterocycles. The maximum absolute atomic E-state index is 13.5. The fourth-order valence-electron chi connectivity index (χ4n) is 1.50. The van der Waals surface area contributed by atoms with Gasteiger partial charge in [-0.1, -0.05) is 6.07 Å². The van der Waals surface area contributed by atoms with Crippen LogP contribution in [0.5, 0.6) is 5.75 Å². The Hall–Kier alpha value is -1.09. The Balaban J connectivity index is 0.00000361. The Labute approximate surface area is 136 Å². The van der Waals surface area contributed by atoms with Crippen LogP contribution in [-0.2, 0) is 11.3 Å². The molecule has 0 saturated heterocycles. The van der Waals surface area contributed by atoms with Crippen LogP contribution in [0.2, 0.25) is 0 Å². The number of aliphatic imine (C=N–C) groups is 1. The number of guanidine groups is 1. The first kappa shape index (κ1) is 18.9. The van der Waals surface area contributed by atoms with Gasteiger partial charge in [-0.3, -0.25) is 4.99 Å². The molecule has 114 valence electrons. The number of hydrogen-bond donors (Lipinski definition) is 2. The van der Waals surface area contributed by atoms with Gasteiger partial charge >= 0.3 is 0 Å². The zero-order valence-corrected chi connectivity index (χ0v) is 14.2. The van der Waals surface area contributed by atoms with Crippen molar-refractivity contribution < 1.29 is 13.9 Å². The van der Waals surface area contributed by atoms with Crippen molar-refractivity contribution in [3.63, 3.8) is 0 Å². The van der Waals surface area contributed by atoms with E-state index in [1.165, 1.54) is 13.2 Å². The van der Waals surface area contributed by atoms with Crippen LogP contribution in [0.3, 0.4) is 0 Å². The van der Waals surface area contributed by atoms with Gasteiger partial charge in [0.05, 0.1) is 13.7 Å². The maximum Gasteiger partial charge on any atom is 0.191 e. The summed E-state index contributed by atoms with van der Waals surface area (Å²) < 4.78 is 23.3. The predicted molar refractivity (Wildman–Crippen MR) is 88.4 cm³/mol. The highest BCUT2D eigenvalue weighted by Crippen LogP contribution is 2.17. The summed E-state index contributed by atoms with van der Waals surface area (Å²) in [7, 11) is 4.76. The van der Waals surface area contributed by atoms with Crippen LogP contribution >= 0.6 is 24.0 Å². The molecule has 0 aromatic heterocycles. The standard InChI is InChI=1S/C13H20FN3O2.HI/c1-15-13(16-6-7-18-2)17-9-10-4-5-12(19-3)11(14)8-10;/h4-5,8H,6-7,9H2,1-3H3,(H2,15,16,17);1H. The second-order valence-electron chi connectivity index (χ2n) is 3.81. The summed E-state index contributed by atoms with van der Waals surface area (Å²) in [5.74, 6) is 0.517. The van der Waals surface area contributed by atoms with Gasteiger partial charge in [0.1, 0.15) is 0 Å². The highest BCUT2D eigenvalue weighted by Gasteiger charge is 2.04. The Morgan fingerprint density at radius 3 is 2.60 bits per heavy atom. The average Bonchev–Trinajstić information content (AvgIpc) is 2.43. The molecule has 0 atom stereocenters. The summed E-state index contributed by atoms with van der Waals surface area (Å²) in [5.41, 5.74) is 0.813. The number of ether oxygens (including phenoxy) is 2. The quantitative estimate of drug-likeness (QED) is 0.333. The van der Waals surface area contributed by atoms with Crippen LogP contribution in [0.1, 0.15) is 5.56 Å². The number of halogens is 2. The minimum atomic E-state index is -0.371. The van der Waals surface area contributed by atoms with E-state index < -0.39 is 0 Å². The number of methoxy groups -OCH3 is 2. The van der Waals surface area contributed by atoms with E-state index >= 15 is 0 Å². The van der Waals surface area contributed by atoms with E-state index in [2.05, 4.69) is 15.6 Å². The normalized spacial score (nSPS) is 10.7. The molecule has 0 fully saturated rings. The van der Waals surface area contributed by atoms with Crippen molar-refractivity contribution in [2.45, 2.75) is 6.54 Å². The van der Waals surface area contributed by atoms with Crippen molar-refractivity contribution in [2.24, 2.45) is 4.99 Å². The van der Waals surface area contributed by atoms with E-state index in [1.807, 2.05) is 0 Å². The molecule has 2 N–H and O–H groups in total. The molecule has 0 radical (unpaired) electrons. The molecule has 0 saturated carbocycles. The number of nitrogens with zero attached hydrogens (tertiary/aromatic N) is 1. The van der Waals surface area contributed by atoms with Crippen LogP contribution in [-0.4, -0.2) is 40.4 Å². The molecule has 1 aromatic carbocycles. The third-order valence-electron chi connectivity index (χ3n) is 2.50. The van der Waals surface area contributed by atoms with Gasteiger partial charge in [-0.25, -0.2) is 4.39 Å². The van der Waals surface area contributed by atoms with Crippen LogP contribution in [0.15, 0.2) is 23.2 Å². The predicted octanol–water partition coefficient (Wildman–Crippen LogP) is 1.76. The highest BCUT2D eigenvalue weighted by molar-refractivity contribution is 14.0. The molecule has 1 aromatic rings. The Bertz CT molecular complexity index is 430. The lowest BCUT2D eigenvalue weighted by atomic mass is 10.2. The number of rotatable bonds is 6. The molecule has 0 aliphatic heterocycles. The molecule has 0 bridgehead atoms. The minimum absolute atomic E-state index is 0. The summed E-state index contributed by atoms with van der Waals surface area (Å²) in [6, 6.07) is 4.85. The van der Waals surface area contributed by atoms with Crippen LogP contribution in [0, 0.1) is 5.82 Å². The topological polar surface area (TPSA) is 54.9 Å².